The summed E-state index contributed by atoms with van der Waals surface area (Å²) in [6.07, 6.45) is -3.34. The molecule has 0 radical (unpaired) electrons. The molecular weight excluding hydrogens is 407 g/mol. The zero-order chi connectivity index (χ0) is 18.6. The summed E-state index contributed by atoms with van der Waals surface area (Å²) < 4.78 is 37.9. The van der Waals surface area contributed by atoms with E-state index >= 15 is 0 Å². The van der Waals surface area contributed by atoms with Crippen molar-refractivity contribution < 1.29 is 27.8 Å². The van der Waals surface area contributed by atoms with Crippen molar-refractivity contribution in [1.82, 2.24) is 15.0 Å². The van der Waals surface area contributed by atoms with Crippen molar-refractivity contribution in [3.8, 4) is 17.1 Å². The molecule has 2 N–H and O–H groups in total. The number of carboxylic acids is 1. The van der Waals surface area contributed by atoms with Gasteiger partial charge in [0.2, 0.25) is 0 Å². The van der Waals surface area contributed by atoms with E-state index in [9.17, 15) is 13.2 Å². The van der Waals surface area contributed by atoms with Crippen LogP contribution in [0.4, 0.5) is 13.2 Å². The Bertz CT molecular complexity index is 896. The van der Waals surface area contributed by atoms with Gasteiger partial charge in [0.05, 0.1) is 7.11 Å². The molecule has 6 nitrogen and oxygen atoms in total. The predicted molar refractivity (Wildman–Crippen MR) is 87.3 cm³/mol. The molecule has 0 atom stereocenters. The maximum Gasteiger partial charge on any atom is 0.490 e. The second kappa shape index (κ2) is 7.51. The summed E-state index contributed by atoms with van der Waals surface area (Å²) in [5.74, 6) is -1.16. The normalized spacial score (nSPS) is 10.9. The maximum atomic E-state index is 10.6. The number of aromatic nitrogens is 3. The van der Waals surface area contributed by atoms with Crippen LogP contribution in [0.5, 0.6) is 5.75 Å². The summed E-state index contributed by atoms with van der Waals surface area (Å²) in [4.78, 5) is 20.9. The van der Waals surface area contributed by atoms with Gasteiger partial charge in [-0.1, -0.05) is 12.1 Å². The number of carbonyl (C=O) groups is 1. The molecule has 3 rings (SSSR count). The lowest BCUT2D eigenvalue weighted by molar-refractivity contribution is -0.192. The Kier molecular flexibility index (Phi) is 5.62. The minimum Gasteiger partial charge on any atom is -0.497 e. The summed E-state index contributed by atoms with van der Waals surface area (Å²) in [5, 5.41) is 7.12. The van der Waals surface area contributed by atoms with Crippen molar-refractivity contribution >= 4 is 33.1 Å². The number of imidazole rings is 1. The number of alkyl halides is 3. The molecule has 1 aromatic carbocycles. The Balaban J connectivity index is 0.000000277. The SMILES string of the molecule is COc1cccc(-c2nc3cc(Br)cnc3[nH]2)c1.O=C(O)C(F)(F)F. The van der Waals surface area contributed by atoms with Crippen LogP contribution in [0.2, 0.25) is 0 Å². The third-order valence-corrected chi connectivity index (χ3v) is 3.32. The number of hydrogen-bond donors (Lipinski definition) is 2. The Hall–Kier alpha value is -2.62. The van der Waals surface area contributed by atoms with Gasteiger partial charge in [-0.15, -0.1) is 0 Å². The standard InChI is InChI=1S/C13H10BrN3O.C2HF3O2/c1-18-10-4-2-3-8(5-10)12-16-11-6-9(14)7-15-13(11)17-12;3-2(4,5)1(6)7/h2-7H,1H3,(H,15,16,17);(H,6,7). The van der Waals surface area contributed by atoms with E-state index in [-0.39, 0.29) is 0 Å². The number of nitrogens with zero attached hydrogens (tertiary/aromatic N) is 2. The van der Waals surface area contributed by atoms with Gasteiger partial charge < -0.3 is 14.8 Å². The number of H-pyrrole nitrogens is 1. The van der Waals surface area contributed by atoms with E-state index in [1.165, 1.54) is 0 Å². The number of rotatable bonds is 2. The number of carboxylic acid groups (broad SMARTS) is 1. The van der Waals surface area contributed by atoms with Crippen molar-refractivity contribution in [2.24, 2.45) is 0 Å². The summed E-state index contributed by atoms with van der Waals surface area (Å²) in [7, 11) is 1.65. The molecule has 0 aliphatic rings. The first-order chi connectivity index (χ1) is 11.7. The van der Waals surface area contributed by atoms with Crippen LogP contribution < -0.4 is 4.74 Å². The largest absolute Gasteiger partial charge is 0.497 e. The van der Waals surface area contributed by atoms with E-state index in [1.54, 1.807) is 13.3 Å². The van der Waals surface area contributed by atoms with Crippen molar-refractivity contribution in [3.63, 3.8) is 0 Å². The predicted octanol–water partition coefficient (Wildman–Crippen LogP) is 4.03. The summed E-state index contributed by atoms with van der Waals surface area (Å²) in [6.45, 7) is 0. The van der Waals surface area contributed by atoms with E-state index in [0.717, 1.165) is 32.8 Å². The lowest BCUT2D eigenvalue weighted by atomic mass is 10.2. The third-order valence-electron chi connectivity index (χ3n) is 2.89. The van der Waals surface area contributed by atoms with Crippen LogP contribution in [0.15, 0.2) is 41.0 Å². The number of ether oxygens (including phenoxy) is 1. The van der Waals surface area contributed by atoms with E-state index in [1.807, 2.05) is 30.3 Å². The monoisotopic (exact) mass is 417 g/mol. The second-order valence-corrected chi connectivity index (χ2v) is 5.56. The van der Waals surface area contributed by atoms with E-state index in [4.69, 9.17) is 14.6 Å². The number of fused-ring (bicyclic) bond motifs is 1. The molecule has 2 heterocycles. The minimum atomic E-state index is -5.08. The van der Waals surface area contributed by atoms with Gasteiger partial charge in [-0.2, -0.15) is 13.2 Å². The average Bonchev–Trinajstić information content (AvgIpc) is 2.97. The molecule has 2 aromatic heterocycles. The van der Waals surface area contributed by atoms with Gasteiger partial charge in [-0.25, -0.2) is 14.8 Å². The van der Waals surface area contributed by atoms with Crippen LogP contribution in [0.25, 0.3) is 22.6 Å². The van der Waals surface area contributed by atoms with Gasteiger partial charge >= 0.3 is 12.1 Å². The van der Waals surface area contributed by atoms with Gasteiger partial charge in [0, 0.05) is 16.2 Å². The fraction of sp³-hybridized carbons (Fsp3) is 0.133. The topological polar surface area (TPSA) is 88.1 Å². The molecule has 0 aliphatic carbocycles. The molecule has 25 heavy (non-hydrogen) atoms. The molecule has 0 amide bonds. The van der Waals surface area contributed by atoms with Crippen molar-refractivity contribution in [2.75, 3.05) is 7.11 Å². The zero-order valence-electron chi connectivity index (χ0n) is 12.6. The van der Waals surface area contributed by atoms with Crippen molar-refractivity contribution in [3.05, 3.63) is 41.0 Å². The van der Waals surface area contributed by atoms with Crippen LogP contribution in [-0.2, 0) is 4.79 Å². The number of halogens is 4. The van der Waals surface area contributed by atoms with Crippen molar-refractivity contribution in [2.45, 2.75) is 6.18 Å². The van der Waals surface area contributed by atoms with Crippen molar-refractivity contribution in [1.29, 1.82) is 0 Å². The number of nitrogens with one attached hydrogen (secondary N) is 1. The van der Waals surface area contributed by atoms with Crippen LogP contribution >= 0.6 is 15.9 Å². The number of pyridine rings is 1. The highest BCUT2D eigenvalue weighted by Gasteiger charge is 2.38. The van der Waals surface area contributed by atoms with Crippen LogP contribution in [0, 0.1) is 0 Å². The van der Waals surface area contributed by atoms with Crippen LogP contribution in [0.1, 0.15) is 0 Å². The molecule has 0 bridgehead atoms. The first-order valence-electron chi connectivity index (χ1n) is 6.66. The quantitative estimate of drug-likeness (QED) is 0.656. The minimum absolute atomic E-state index is 0.774. The fourth-order valence-electron chi connectivity index (χ4n) is 1.78. The Morgan fingerprint density at radius 3 is 2.60 bits per heavy atom. The van der Waals surface area contributed by atoms with Crippen LogP contribution in [-0.4, -0.2) is 39.3 Å². The highest BCUT2D eigenvalue weighted by atomic mass is 79.9. The number of benzene rings is 1. The maximum absolute atomic E-state index is 10.6. The number of methoxy groups -OCH3 is 1. The number of aliphatic carboxylic acids is 1. The molecule has 0 aliphatic heterocycles. The number of aromatic amines is 1. The van der Waals surface area contributed by atoms with E-state index in [2.05, 4.69) is 30.9 Å². The molecule has 0 unspecified atom stereocenters. The summed E-state index contributed by atoms with van der Waals surface area (Å²) in [5.41, 5.74) is 2.58. The lowest BCUT2D eigenvalue weighted by Gasteiger charge is -2.01. The average molecular weight is 418 g/mol. The molecule has 0 fully saturated rings. The second-order valence-electron chi connectivity index (χ2n) is 4.64. The third kappa shape index (κ3) is 4.92. The van der Waals surface area contributed by atoms with Gasteiger partial charge in [0.15, 0.2) is 5.65 Å². The number of hydrogen-bond acceptors (Lipinski definition) is 4. The Labute approximate surface area is 147 Å². The Morgan fingerprint density at radius 2 is 2.00 bits per heavy atom. The first kappa shape index (κ1) is 18.7. The fourth-order valence-corrected chi connectivity index (χ4v) is 2.10. The summed E-state index contributed by atoms with van der Waals surface area (Å²) in [6, 6.07) is 9.69. The smallest absolute Gasteiger partial charge is 0.490 e. The van der Waals surface area contributed by atoms with Crippen LogP contribution in [0.3, 0.4) is 0 Å². The molecule has 0 spiro atoms. The Morgan fingerprint density at radius 1 is 1.32 bits per heavy atom. The molecule has 3 aromatic rings. The zero-order valence-corrected chi connectivity index (χ0v) is 14.2. The molecule has 0 saturated heterocycles. The summed E-state index contributed by atoms with van der Waals surface area (Å²) >= 11 is 3.38. The molecular formula is C15H11BrF3N3O3. The molecule has 10 heteroatoms. The van der Waals surface area contributed by atoms with Gasteiger partial charge in [-0.3, -0.25) is 0 Å². The molecule has 132 valence electrons. The van der Waals surface area contributed by atoms with E-state index in [0.29, 0.717) is 0 Å². The lowest BCUT2D eigenvalue weighted by Crippen LogP contribution is -2.21. The highest BCUT2D eigenvalue weighted by molar-refractivity contribution is 9.10. The van der Waals surface area contributed by atoms with Gasteiger partial charge in [0.1, 0.15) is 17.1 Å². The van der Waals surface area contributed by atoms with E-state index < -0.39 is 12.1 Å². The van der Waals surface area contributed by atoms with Gasteiger partial charge in [0.25, 0.3) is 0 Å². The highest BCUT2D eigenvalue weighted by Crippen LogP contribution is 2.24. The van der Waals surface area contributed by atoms with Gasteiger partial charge in [-0.05, 0) is 34.1 Å². The first-order valence-corrected chi connectivity index (χ1v) is 7.46. The molecule has 0 saturated carbocycles.